The van der Waals surface area contributed by atoms with Crippen molar-refractivity contribution < 1.29 is 22.8 Å². The Morgan fingerprint density at radius 2 is 1.63 bits per heavy atom. The Bertz CT molecular complexity index is 805. The van der Waals surface area contributed by atoms with Gasteiger partial charge < -0.3 is 15.5 Å². The summed E-state index contributed by atoms with van der Waals surface area (Å²) < 4.78 is 36.9. The first-order valence-electron chi connectivity index (χ1n) is 8.28. The molecular formula is C19H20F3N3O2. The molecule has 0 aliphatic carbocycles. The standard InChI is InChI=1S/C19H20F3N3O2/c1-3-25(2)14-10-8-13(9-11-14)17(26)24-16-7-5-4-6-15(16)18(27)23-12-19(20,21)22/h4-11H,3,12H2,1-2H3,(H,23,27)(H,24,26). The first-order chi connectivity index (χ1) is 12.7. The van der Waals surface area contributed by atoms with Gasteiger partial charge in [0, 0.05) is 24.8 Å². The fourth-order valence-electron chi connectivity index (χ4n) is 2.31. The Morgan fingerprint density at radius 3 is 2.22 bits per heavy atom. The average Bonchev–Trinajstić information content (AvgIpc) is 2.65. The first kappa shape index (κ1) is 20.3. The predicted octanol–water partition coefficient (Wildman–Crippen LogP) is 3.69. The SMILES string of the molecule is CCN(C)c1ccc(C(=O)Nc2ccccc2C(=O)NCC(F)(F)F)cc1. The highest BCUT2D eigenvalue weighted by Gasteiger charge is 2.28. The predicted molar refractivity (Wildman–Crippen MR) is 98.2 cm³/mol. The lowest BCUT2D eigenvalue weighted by Gasteiger charge is -2.17. The quantitative estimate of drug-likeness (QED) is 0.805. The van der Waals surface area contributed by atoms with Crippen LogP contribution in [-0.4, -0.2) is 38.1 Å². The van der Waals surface area contributed by atoms with Crippen LogP contribution in [0.25, 0.3) is 0 Å². The van der Waals surface area contributed by atoms with Gasteiger partial charge in [-0.15, -0.1) is 0 Å². The summed E-state index contributed by atoms with van der Waals surface area (Å²) in [4.78, 5) is 26.4. The Kier molecular flexibility index (Phi) is 6.44. The summed E-state index contributed by atoms with van der Waals surface area (Å²) in [7, 11) is 1.92. The number of carbonyl (C=O) groups excluding carboxylic acids is 2. The molecule has 2 rings (SSSR count). The van der Waals surface area contributed by atoms with Crippen LogP contribution in [-0.2, 0) is 0 Å². The number of amides is 2. The minimum absolute atomic E-state index is 0.0440. The topological polar surface area (TPSA) is 61.4 Å². The van der Waals surface area contributed by atoms with Gasteiger partial charge >= 0.3 is 6.18 Å². The van der Waals surface area contributed by atoms with Crippen LogP contribution in [0, 0.1) is 0 Å². The van der Waals surface area contributed by atoms with E-state index < -0.39 is 24.5 Å². The van der Waals surface area contributed by atoms with E-state index in [0.29, 0.717) is 5.56 Å². The number of nitrogens with one attached hydrogen (secondary N) is 2. The molecule has 0 radical (unpaired) electrons. The van der Waals surface area contributed by atoms with E-state index in [9.17, 15) is 22.8 Å². The molecule has 0 unspecified atom stereocenters. The second kappa shape index (κ2) is 8.57. The molecule has 2 aromatic carbocycles. The maximum Gasteiger partial charge on any atom is 0.405 e. The lowest BCUT2D eigenvalue weighted by atomic mass is 10.1. The highest BCUT2D eigenvalue weighted by atomic mass is 19.4. The maximum atomic E-state index is 12.4. The molecule has 8 heteroatoms. The Balaban J connectivity index is 2.13. The van der Waals surface area contributed by atoms with Crippen molar-refractivity contribution >= 4 is 23.2 Å². The average molecular weight is 379 g/mol. The lowest BCUT2D eigenvalue weighted by Crippen LogP contribution is -2.34. The second-order valence-electron chi connectivity index (χ2n) is 5.86. The van der Waals surface area contributed by atoms with Gasteiger partial charge in [-0.1, -0.05) is 12.1 Å². The number of nitrogens with zero attached hydrogens (tertiary/aromatic N) is 1. The van der Waals surface area contributed by atoms with Gasteiger partial charge in [0.05, 0.1) is 11.3 Å². The molecule has 0 aliphatic heterocycles. The monoisotopic (exact) mass is 379 g/mol. The van der Waals surface area contributed by atoms with Gasteiger partial charge in [-0.25, -0.2) is 0 Å². The van der Waals surface area contributed by atoms with Crippen molar-refractivity contribution in [1.29, 1.82) is 0 Å². The van der Waals surface area contributed by atoms with Gasteiger partial charge in [-0.3, -0.25) is 9.59 Å². The van der Waals surface area contributed by atoms with E-state index in [1.54, 1.807) is 35.6 Å². The third kappa shape index (κ3) is 5.73. The van der Waals surface area contributed by atoms with Gasteiger partial charge in [-0.2, -0.15) is 13.2 Å². The van der Waals surface area contributed by atoms with Crippen LogP contribution < -0.4 is 15.5 Å². The van der Waals surface area contributed by atoms with Crippen molar-refractivity contribution in [2.24, 2.45) is 0 Å². The summed E-state index contributed by atoms with van der Waals surface area (Å²) in [6.07, 6.45) is -4.51. The number of anilines is 2. The van der Waals surface area contributed by atoms with E-state index in [1.807, 2.05) is 18.9 Å². The summed E-state index contributed by atoms with van der Waals surface area (Å²) >= 11 is 0. The zero-order valence-electron chi connectivity index (χ0n) is 14.9. The number of hydrogen-bond acceptors (Lipinski definition) is 3. The minimum Gasteiger partial charge on any atom is -0.375 e. The van der Waals surface area contributed by atoms with Crippen molar-refractivity contribution in [3.8, 4) is 0 Å². The maximum absolute atomic E-state index is 12.4. The van der Waals surface area contributed by atoms with E-state index in [2.05, 4.69) is 5.32 Å². The van der Waals surface area contributed by atoms with Gasteiger partial charge in [0.1, 0.15) is 6.54 Å². The second-order valence-corrected chi connectivity index (χ2v) is 5.86. The lowest BCUT2D eigenvalue weighted by molar-refractivity contribution is -0.123. The van der Waals surface area contributed by atoms with Gasteiger partial charge in [0.25, 0.3) is 11.8 Å². The zero-order valence-corrected chi connectivity index (χ0v) is 14.9. The van der Waals surface area contributed by atoms with Crippen LogP contribution in [0.1, 0.15) is 27.6 Å². The van der Waals surface area contributed by atoms with Crippen LogP contribution in [0.5, 0.6) is 0 Å². The molecule has 0 saturated heterocycles. The number of hydrogen-bond donors (Lipinski definition) is 2. The molecule has 0 spiro atoms. The first-order valence-corrected chi connectivity index (χ1v) is 8.28. The van der Waals surface area contributed by atoms with Crippen molar-refractivity contribution in [2.45, 2.75) is 13.1 Å². The highest BCUT2D eigenvalue weighted by Crippen LogP contribution is 2.19. The number of benzene rings is 2. The summed E-state index contributed by atoms with van der Waals surface area (Å²) in [6, 6.07) is 12.8. The number of halogens is 3. The van der Waals surface area contributed by atoms with Crippen LogP contribution in [0.3, 0.4) is 0 Å². The molecule has 0 aliphatic rings. The minimum atomic E-state index is -4.51. The van der Waals surface area contributed by atoms with Crippen molar-refractivity contribution in [3.63, 3.8) is 0 Å². The largest absolute Gasteiger partial charge is 0.405 e. The molecule has 2 aromatic rings. The molecule has 0 bridgehead atoms. The van der Waals surface area contributed by atoms with E-state index in [4.69, 9.17) is 0 Å². The fourth-order valence-corrected chi connectivity index (χ4v) is 2.31. The van der Waals surface area contributed by atoms with Crippen LogP contribution in [0.4, 0.5) is 24.5 Å². The Hall–Kier alpha value is -3.03. The summed E-state index contributed by atoms with van der Waals surface area (Å²) in [5.41, 5.74) is 1.41. The van der Waals surface area contributed by atoms with E-state index >= 15 is 0 Å². The Labute approximate surface area is 155 Å². The molecule has 0 aromatic heterocycles. The van der Waals surface area contributed by atoms with E-state index in [1.165, 1.54) is 18.2 Å². The van der Waals surface area contributed by atoms with Gasteiger partial charge in [0.15, 0.2) is 0 Å². The molecule has 5 nitrogen and oxygen atoms in total. The van der Waals surface area contributed by atoms with E-state index in [0.717, 1.165) is 12.2 Å². The molecule has 144 valence electrons. The van der Waals surface area contributed by atoms with Crippen molar-refractivity contribution in [3.05, 3.63) is 59.7 Å². The fraction of sp³-hybridized carbons (Fsp3) is 0.263. The van der Waals surface area contributed by atoms with E-state index in [-0.39, 0.29) is 11.3 Å². The molecule has 27 heavy (non-hydrogen) atoms. The van der Waals surface area contributed by atoms with Crippen molar-refractivity contribution in [1.82, 2.24) is 5.32 Å². The van der Waals surface area contributed by atoms with Gasteiger partial charge in [0.2, 0.25) is 0 Å². The zero-order chi connectivity index (χ0) is 20.0. The van der Waals surface area contributed by atoms with Gasteiger partial charge in [-0.05, 0) is 43.3 Å². The molecule has 2 amide bonds. The number of alkyl halides is 3. The number of carbonyl (C=O) groups is 2. The molecule has 2 N–H and O–H groups in total. The van der Waals surface area contributed by atoms with Crippen LogP contribution >= 0.6 is 0 Å². The molecule has 0 atom stereocenters. The molecule has 0 saturated carbocycles. The molecule has 0 fully saturated rings. The highest BCUT2D eigenvalue weighted by molar-refractivity contribution is 6.09. The molecular weight excluding hydrogens is 359 g/mol. The summed E-state index contributed by atoms with van der Waals surface area (Å²) in [5.74, 6) is -1.38. The third-order valence-corrected chi connectivity index (χ3v) is 3.91. The molecule has 0 heterocycles. The van der Waals surface area contributed by atoms with Crippen LogP contribution in [0.2, 0.25) is 0 Å². The third-order valence-electron chi connectivity index (χ3n) is 3.91. The number of para-hydroxylation sites is 1. The Morgan fingerprint density at radius 1 is 1.00 bits per heavy atom. The van der Waals surface area contributed by atoms with Crippen molar-refractivity contribution in [2.75, 3.05) is 30.4 Å². The summed E-state index contributed by atoms with van der Waals surface area (Å²) in [5, 5.41) is 4.37. The normalized spacial score (nSPS) is 11.0. The smallest absolute Gasteiger partial charge is 0.375 e. The van der Waals surface area contributed by atoms with Crippen LogP contribution in [0.15, 0.2) is 48.5 Å². The summed E-state index contributed by atoms with van der Waals surface area (Å²) in [6.45, 7) is 1.37. The number of rotatable bonds is 6.